The number of nitrogens with zero attached hydrogens (tertiary/aromatic N) is 1. The van der Waals surface area contributed by atoms with Crippen molar-refractivity contribution in [2.45, 2.75) is 31.5 Å². The van der Waals surface area contributed by atoms with Gasteiger partial charge in [0.15, 0.2) is 0 Å². The van der Waals surface area contributed by atoms with Crippen molar-refractivity contribution in [3.8, 4) is 0 Å². The van der Waals surface area contributed by atoms with Crippen LogP contribution in [0.1, 0.15) is 28.8 Å². The highest BCUT2D eigenvalue weighted by molar-refractivity contribution is 6.42. The minimum Gasteiger partial charge on any atom is -0.350 e. The Kier molecular flexibility index (Phi) is 9.68. The molecule has 2 atom stereocenters. The number of rotatable bonds is 8. The van der Waals surface area contributed by atoms with Crippen LogP contribution < -0.4 is 16.0 Å². The number of amides is 2. The third-order valence-corrected chi connectivity index (χ3v) is 6.87. The molecule has 1 fully saturated rings. The van der Waals surface area contributed by atoms with Crippen molar-refractivity contribution >= 4 is 58.2 Å². The summed E-state index contributed by atoms with van der Waals surface area (Å²) in [5.74, 6) is -0.239. The highest BCUT2D eigenvalue weighted by Gasteiger charge is 2.31. The van der Waals surface area contributed by atoms with Crippen molar-refractivity contribution < 1.29 is 9.59 Å². The van der Waals surface area contributed by atoms with Gasteiger partial charge in [0.1, 0.15) is 0 Å². The summed E-state index contributed by atoms with van der Waals surface area (Å²) in [5, 5.41) is 11.2. The highest BCUT2D eigenvalue weighted by atomic mass is 35.5. The first-order chi connectivity index (χ1) is 15.8. The smallest absolute Gasteiger partial charge is 0.251 e. The van der Waals surface area contributed by atoms with Gasteiger partial charge in [-0.1, -0.05) is 52.5 Å². The molecule has 3 rings (SSSR count). The average molecular weight is 532 g/mol. The third-order valence-electron chi connectivity index (χ3n) is 5.54. The van der Waals surface area contributed by atoms with E-state index in [1.807, 2.05) is 18.0 Å². The second kappa shape index (κ2) is 12.2. The zero-order valence-corrected chi connectivity index (χ0v) is 21.2. The lowest BCUT2D eigenvalue weighted by molar-refractivity contribution is -0.133. The molecule has 0 aliphatic carbocycles. The molecule has 2 aromatic rings. The molecule has 178 valence electrons. The fourth-order valence-corrected chi connectivity index (χ4v) is 4.47. The van der Waals surface area contributed by atoms with Gasteiger partial charge < -0.3 is 20.9 Å². The maximum Gasteiger partial charge on any atom is 0.251 e. The van der Waals surface area contributed by atoms with Crippen LogP contribution in [0.4, 0.5) is 0 Å². The van der Waals surface area contributed by atoms with Gasteiger partial charge in [-0.15, -0.1) is 0 Å². The second-order valence-corrected chi connectivity index (χ2v) is 9.59. The molecule has 0 radical (unpaired) electrons. The molecule has 1 aliphatic heterocycles. The van der Waals surface area contributed by atoms with Crippen LogP contribution in [-0.4, -0.2) is 55.5 Å². The number of hydrogen-bond acceptors (Lipinski definition) is 4. The fourth-order valence-electron chi connectivity index (χ4n) is 3.71. The van der Waals surface area contributed by atoms with E-state index in [1.54, 1.807) is 24.3 Å². The Morgan fingerprint density at radius 3 is 2.58 bits per heavy atom. The van der Waals surface area contributed by atoms with E-state index >= 15 is 0 Å². The Morgan fingerprint density at radius 2 is 1.88 bits per heavy atom. The number of carbonyl (C=O) groups excluding carboxylic acids is 2. The van der Waals surface area contributed by atoms with Gasteiger partial charge in [-0.2, -0.15) is 0 Å². The Labute approximate surface area is 213 Å². The largest absolute Gasteiger partial charge is 0.350 e. The predicted molar refractivity (Wildman–Crippen MR) is 135 cm³/mol. The van der Waals surface area contributed by atoms with E-state index in [0.717, 1.165) is 5.56 Å². The highest BCUT2D eigenvalue weighted by Crippen LogP contribution is 2.24. The lowest BCUT2D eigenvalue weighted by atomic mass is 10.1. The van der Waals surface area contributed by atoms with E-state index in [1.165, 1.54) is 6.07 Å². The van der Waals surface area contributed by atoms with Crippen LogP contribution >= 0.6 is 46.4 Å². The Morgan fingerprint density at radius 1 is 1.09 bits per heavy atom. The van der Waals surface area contributed by atoms with Gasteiger partial charge in [0.2, 0.25) is 5.91 Å². The first-order valence-corrected chi connectivity index (χ1v) is 12.2. The normalized spacial score (nSPS) is 18.8. The lowest BCUT2D eigenvalue weighted by Crippen LogP contribution is -2.49. The molecular weight excluding hydrogens is 506 g/mol. The lowest BCUT2D eigenvalue weighted by Gasteiger charge is -2.25. The van der Waals surface area contributed by atoms with Crippen molar-refractivity contribution in [2.75, 3.05) is 26.7 Å². The predicted octanol–water partition coefficient (Wildman–Crippen LogP) is 4.40. The van der Waals surface area contributed by atoms with E-state index in [9.17, 15) is 9.59 Å². The summed E-state index contributed by atoms with van der Waals surface area (Å²) in [5.41, 5.74) is 1.27. The first-order valence-electron chi connectivity index (χ1n) is 10.6. The zero-order valence-electron chi connectivity index (χ0n) is 18.1. The van der Waals surface area contributed by atoms with Gasteiger partial charge in [0.25, 0.3) is 5.91 Å². The van der Waals surface area contributed by atoms with E-state index in [0.29, 0.717) is 64.7 Å². The van der Waals surface area contributed by atoms with Gasteiger partial charge >= 0.3 is 0 Å². The van der Waals surface area contributed by atoms with E-state index < -0.39 is 0 Å². The van der Waals surface area contributed by atoms with Crippen LogP contribution in [0.2, 0.25) is 20.1 Å². The van der Waals surface area contributed by atoms with Crippen LogP contribution in [0.5, 0.6) is 0 Å². The molecular formula is C23H26Cl4N4O2. The third kappa shape index (κ3) is 7.22. The van der Waals surface area contributed by atoms with Crippen LogP contribution in [-0.2, 0) is 11.3 Å². The Balaban J connectivity index is 1.68. The molecule has 1 saturated heterocycles. The number of carbonyl (C=O) groups is 2. The molecule has 0 saturated carbocycles. The molecule has 2 aromatic carbocycles. The SMILES string of the molecule is CNCC[C@@H]1N[C@H](CNC(=O)c2ccc(Cl)c(Cl)c2)CCN(Cc2ccc(Cl)cc2Cl)C1=O. The summed E-state index contributed by atoms with van der Waals surface area (Å²) < 4.78 is 0. The van der Waals surface area contributed by atoms with E-state index in [4.69, 9.17) is 46.4 Å². The van der Waals surface area contributed by atoms with Crippen LogP contribution in [0, 0.1) is 0 Å². The maximum absolute atomic E-state index is 13.3. The molecule has 6 nitrogen and oxygen atoms in total. The molecule has 0 bridgehead atoms. The fraction of sp³-hybridized carbons (Fsp3) is 0.391. The Hall–Kier alpha value is -1.54. The summed E-state index contributed by atoms with van der Waals surface area (Å²) in [6.07, 6.45) is 1.30. The number of nitrogens with one attached hydrogen (secondary N) is 3. The van der Waals surface area contributed by atoms with E-state index in [-0.39, 0.29) is 23.9 Å². The number of benzene rings is 2. The summed E-state index contributed by atoms with van der Waals surface area (Å²) in [6, 6.07) is 9.59. The van der Waals surface area contributed by atoms with Crippen LogP contribution in [0.3, 0.4) is 0 Å². The van der Waals surface area contributed by atoms with Gasteiger partial charge in [-0.3, -0.25) is 9.59 Å². The quantitative estimate of drug-likeness (QED) is 0.472. The summed E-state index contributed by atoms with van der Waals surface area (Å²) >= 11 is 24.3. The molecule has 1 aliphatic rings. The molecule has 0 aromatic heterocycles. The molecule has 0 unspecified atom stereocenters. The van der Waals surface area contributed by atoms with Gasteiger partial charge in [0.05, 0.1) is 16.1 Å². The topological polar surface area (TPSA) is 73.5 Å². The summed E-state index contributed by atoms with van der Waals surface area (Å²) in [6.45, 7) is 1.99. The molecule has 1 heterocycles. The zero-order chi connectivity index (χ0) is 24.0. The van der Waals surface area contributed by atoms with Gasteiger partial charge in [-0.05, 0) is 62.3 Å². The molecule has 3 N–H and O–H groups in total. The first kappa shape index (κ1) is 26.1. The van der Waals surface area contributed by atoms with E-state index in [2.05, 4.69) is 16.0 Å². The second-order valence-electron chi connectivity index (χ2n) is 7.93. The summed E-state index contributed by atoms with van der Waals surface area (Å²) in [4.78, 5) is 27.6. The molecule has 33 heavy (non-hydrogen) atoms. The monoisotopic (exact) mass is 530 g/mol. The average Bonchev–Trinajstić information content (AvgIpc) is 2.93. The molecule has 0 spiro atoms. The Bertz CT molecular complexity index is 1000. The van der Waals surface area contributed by atoms with Crippen molar-refractivity contribution in [1.29, 1.82) is 0 Å². The van der Waals surface area contributed by atoms with Crippen molar-refractivity contribution in [2.24, 2.45) is 0 Å². The summed E-state index contributed by atoms with van der Waals surface area (Å²) in [7, 11) is 1.85. The van der Waals surface area contributed by atoms with Crippen molar-refractivity contribution in [3.63, 3.8) is 0 Å². The number of halogens is 4. The molecule has 2 amide bonds. The van der Waals surface area contributed by atoms with Crippen LogP contribution in [0.25, 0.3) is 0 Å². The van der Waals surface area contributed by atoms with Crippen LogP contribution in [0.15, 0.2) is 36.4 Å². The standard InChI is InChI=1S/C23H26Cl4N4O2/c1-28-8-6-21-23(33)31(13-15-2-4-16(24)11-19(15)26)9-7-17(30-21)12-29-22(32)14-3-5-18(25)20(27)10-14/h2-5,10-11,17,21,28,30H,6-9,12-13H2,1H3,(H,29,32)/t17-,21-/m0/s1. The molecule has 10 heteroatoms. The van der Waals surface area contributed by atoms with Crippen molar-refractivity contribution in [3.05, 3.63) is 67.6 Å². The number of hydrogen-bond donors (Lipinski definition) is 3. The minimum atomic E-state index is -0.377. The van der Waals surface area contributed by atoms with Crippen molar-refractivity contribution in [1.82, 2.24) is 20.9 Å². The minimum absolute atomic E-state index is 0.00887. The van der Waals surface area contributed by atoms with Gasteiger partial charge in [-0.25, -0.2) is 0 Å². The van der Waals surface area contributed by atoms with Gasteiger partial charge in [0, 0.05) is 41.3 Å². The maximum atomic E-state index is 13.3.